The van der Waals surface area contributed by atoms with Crippen LogP contribution >= 0.6 is 0 Å². The Bertz CT molecular complexity index is 1050. The monoisotopic (exact) mass is 460 g/mol. The summed E-state index contributed by atoms with van der Waals surface area (Å²) in [4.78, 5) is 36.9. The zero-order valence-electron chi connectivity index (χ0n) is 19.3. The lowest BCUT2D eigenvalue weighted by Gasteiger charge is -2.31. The van der Waals surface area contributed by atoms with E-state index in [0.717, 1.165) is 5.56 Å². The first-order chi connectivity index (χ1) is 15.5. The van der Waals surface area contributed by atoms with Gasteiger partial charge in [0.25, 0.3) is 0 Å². The summed E-state index contributed by atoms with van der Waals surface area (Å²) in [5.41, 5.74) is -0.128. The van der Waals surface area contributed by atoms with Gasteiger partial charge in [0.15, 0.2) is 6.10 Å². The molecule has 0 amide bonds. The molecule has 178 valence electrons. The van der Waals surface area contributed by atoms with Crippen LogP contribution in [0.4, 0.5) is 0 Å². The average Bonchev–Trinajstić information content (AvgIpc) is 3.50. The van der Waals surface area contributed by atoms with Crippen LogP contribution in [-0.4, -0.2) is 47.9 Å². The van der Waals surface area contributed by atoms with E-state index < -0.39 is 53.3 Å². The molecule has 2 saturated heterocycles. The zero-order chi connectivity index (χ0) is 23.7. The number of esters is 3. The molecule has 4 aliphatic heterocycles. The number of carbonyl (C=O) groups is 3. The van der Waals surface area contributed by atoms with Gasteiger partial charge in [-0.25, -0.2) is 4.79 Å². The molecule has 0 spiro atoms. The van der Waals surface area contributed by atoms with Crippen LogP contribution in [0.2, 0.25) is 0 Å². The molecule has 1 aromatic rings. The molecule has 5 rings (SSSR count). The van der Waals surface area contributed by atoms with E-state index in [2.05, 4.69) is 0 Å². The zero-order valence-corrected chi connectivity index (χ0v) is 19.3. The summed E-state index contributed by atoms with van der Waals surface area (Å²) in [6.07, 6.45) is -0.169. The van der Waals surface area contributed by atoms with Crippen LogP contribution in [0.15, 0.2) is 22.1 Å². The number of aryl methyl sites for hydroxylation is 1. The number of carbonyl (C=O) groups excluding carboxylic acids is 3. The van der Waals surface area contributed by atoms with E-state index in [1.807, 2.05) is 26.8 Å². The quantitative estimate of drug-likeness (QED) is 0.381. The topological polar surface area (TPSA) is 117 Å². The molecule has 2 fully saturated rings. The van der Waals surface area contributed by atoms with Gasteiger partial charge >= 0.3 is 17.9 Å². The van der Waals surface area contributed by atoms with Crippen molar-refractivity contribution >= 4 is 17.9 Å². The Balaban J connectivity index is 1.63. The minimum absolute atomic E-state index is 0.189. The van der Waals surface area contributed by atoms with Crippen LogP contribution < -0.4 is 0 Å². The normalized spacial score (nSPS) is 39.1. The maximum atomic E-state index is 12.8. The Morgan fingerprint density at radius 2 is 1.82 bits per heavy atom. The third kappa shape index (κ3) is 3.97. The molecule has 0 aromatic carbocycles. The second-order valence-electron chi connectivity index (χ2n) is 9.85. The van der Waals surface area contributed by atoms with E-state index in [-0.39, 0.29) is 18.1 Å². The van der Waals surface area contributed by atoms with E-state index in [1.165, 1.54) is 13.8 Å². The van der Waals surface area contributed by atoms with Crippen LogP contribution in [0.5, 0.6) is 0 Å². The van der Waals surface area contributed by atoms with E-state index in [9.17, 15) is 14.4 Å². The van der Waals surface area contributed by atoms with Crippen molar-refractivity contribution in [3.63, 3.8) is 0 Å². The van der Waals surface area contributed by atoms with Gasteiger partial charge in [0.2, 0.25) is 0 Å². The van der Waals surface area contributed by atoms with Crippen LogP contribution in [-0.2, 0) is 38.1 Å². The number of furan rings is 1. The van der Waals surface area contributed by atoms with Gasteiger partial charge in [0.1, 0.15) is 35.4 Å². The molecule has 0 N–H and O–H groups in total. The largest absolute Gasteiger partial charge is 0.459 e. The lowest BCUT2D eigenvalue weighted by atomic mass is 9.81. The second-order valence-corrected chi connectivity index (χ2v) is 9.85. The number of ether oxygens (including phenoxy) is 5. The summed E-state index contributed by atoms with van der Waals surface area (Å²) in [5.74, 6) is -0.854. The second kappa shape index (κ2) is 7.43. The highest BCUT2D eigenvalue weighted by Gasteiger charge is 2.59. The molecule has 4 bridgehead atoms. The third-order valence-corrected chi connectivity index (χ3v) is 7.01. The molecule has 9 nitrogen and oxygen atoms in total. The van der Waals surface area contributed by atoms with Crippen LogP contribution in [0.3, 0.4) is 0 Å². The lowest BCUT2D eigenvalue weighted by Crippen LogP contribution is -2.36. The smallest absolute Gasteiger partial charge is 0.338 e. The minimum atomic E-state index is -0.886. The number of fused-ring (bicyclic) bond motifs is 5. The molecule has 0 radical (unpaired) electrons. The van der Waals surface area contributed by atoms with Crippen molar-refractivity contribution in [1.82, 2.24) is 0 Å². The number of epoxide rings is 2. The molecular formula is C24H28O9. The van der Waals surface area contributed by atoms with Gasteiger partial charge in [-0.2, -0.15) is 0 Å². The molecule has 1 unspecified atom stereocenters. The number of hydrogen-bond acceptors (Lipinski definition) is 9. The van der Waals surface area contributed by atoms with Crippen LogP contribution in [0.25, 0.3) is 0 Å². The average molecular weight is 460 g/mol. The highest BCUT2D eigenvalue weighted by molar-refractivity contribution is 5.92. The van der Waals surface area contributed by atoms with Crippen LogP contribution in [0, 0.1) is 12.8 Å². The first kappa shape index (κ1) is 22.2. The fourth-order valence-corrected chi connectivity index (χ4v) is 5.12. The van der Waals surface area contributed by atoms with Crippen molar-refractivity contribution in [3.8, 4) is 0 Å². The Hall–Kier alpha value is -2.65. The summed E-state index contributed by atoms with van der Waals surface area (Å²) >= 11 is 0. The van der Waals surface area contributed by atoms with Gasteiger partial charge in [-0.15, -0.1) is 0 Å². The van der Waals surface area contributed by atoms with Gasteiger partial charge in [-0.1, -0.05) is 0 Å². The SMILES string of the molecule is CC(=O)O[C@@H]1c2oc(cc2C)[C@H]2O[C@]2(C)C[C@H]2C=C(C(=O)O2)[C@H](OC(C)=O)CC1[C@@]1(C)CO1. The van der Waals surface area contributed by atoms with Crippen molar-refractivity contribution in [2.45, 2.75) is 83.1 Å². The summed E-state index contributed by atoms with van der Waals surface area (Å²) < 4.78 is 34.9. The Morgan fingerprint density at radius 3 is 2.45 bits per heavy atom. The van der Waals surface area contributed by atoms with E-state index in [1.54, 1.807) is 6.08 Å². The Morgan fingerprint density at radius 1 is 1.12 bits per heavy atom. The Kier molecular flexibility index (Phi) is 4.99. The predicted molar refractivity (Wildman–Crippen MR) is 111 cm³/mol. The van der Waals surface area contributed by atoms with Crippen molar-refractivity contribution in [3.05, 3.63) is 34.8 Å². The molecule has 0 aliphatic carbocycles. The molecule has 4 aliphatic rings. The van der Waals surface area contributed by atoms with Gasteiger partial charge in [0.05, 0.1) is 17.8 Å². The maximum Gasteiger partial charge on any atom is 0.338 e. The molecule has 7 atom stereocenters. The fourth-order valence-electron chi connectivity index (χ4n) is 5.12. The van der Waals surface area contributed by atoms with Crippen molar-refractivity contribution in [2.75, 3.05) is 6.61 Å². The first-order valence-corrected chi connectivity index (χ1v) is 11.2. The van der Waals surface area contributed by atoms with Gasteiger partial charge < -0.3 is 28.1 Å². The standard InChI is InChI=1S/C24H28O9/c1-11-6-18-21-23(4,33-21)9-14-7-15(22(27)31-14)17(29-12(2)25)8-16(24(5)10-28-24)20(19(11)32-18)30-13(3)26/h6-7,14,16-17,20-21H,8-10H2,1-5H3/t14-,16?,17-,20+,21-,23-,24-/m1/s1. The summed E-state index contributed by atoms with van der Waals surface area (Å²) in [7, 11) is 0. The van der Waals surface area contributed by atoms with Crippen molar-refractivity contribution in [2.24, 2.45) is 5.92 Å². The third-order valence-electron chi connectivity index (χ3n) is 7.01. The molecular weight excluding hydrogens is 432 g/mol. The lowest BCUT2D eigenvalue weighted by molar-refractivity contribution is -0.157. The number of rotatable bonds is 3. The summed E-state index contributed by atoms with van der Waals surface area (Å²) in [5, 5.41) is 0. The minimum Gasteiger partial charge on any atom is -0.459 e. The maximum absolute atomic E-state index is 12.8. The van der Waals surface area contributed by atoms with E-state index in [0.29, 0.717) is 24.5 Å². The molecule has 9 heteroatoms. The summed E-state index contributed by atoms with van der Waals surface area (Å²) in [6.45, 7) is 8.79. The Labute approximate surface area is 191 Å². The molecule has 5 heterocycles. The van der Waals surface area contributed by atoms with E-state index >= 15 is 0 Å². The highest BCUT2D eigenvalue weighted by Crippen LogP contribution is 2.55. The molecule has 0 saturated carbocycles. The van der Waals surface area contributed by atoms with Crippen LogP contribution in [0.1, 0.15) is 69.8 Å². The first-order valence-electron chi connectivity index (χ1n) is 11.2. The van der Waals surface area contributed by atoms with Crippen molar-refractivity contribution in [1.29, 1.82) is 0 Å². The molecule has 1 aromatic heterocycles. The molecule has 33 heavy (non-hydrogen) atoms. The van der Waals surface area contributed by atoms with E-state index in [4.69, 9.17) is 28.1 Å². The van der Waals surface area contributed by atoms with Gasteiger partial charge in [0, 0.05) is 26.2 Å². The highest BCUT2D eigenvalue weighted by atomic mass is 16.6. The number of hydrogen-bond donors (Lipinski definition) is 0. The summed E-state index contributed by atoms with van der Waals surface area (Å²) in [6, 6.07) is 1.89. The fraction of sp³-hybridized carbons (Fsp3) is 0.625. The van der Waals surface area contributed by atoms with Crippen molar-refractivity contribution < 1.29 is 42.5 Å². The van der Waals surface area contributed by atoms with Gasteiger partial charge in [-0.05, 0) is 44.9 Å². The van der Waals surface area contributed by atoms with Gasteiger partial charge in [-0.3, -0.25) is 9.59 Å². The predicted octanol–water partition coefficient (Wildman–Crippen LogP) is 3.00.